The highest BCUT2D eigenvalue weighted by Crippen LogP contribution is 2.11. The monoisotopic (exact) mass is 325 g/mol. The molecule has 0 aromatic heterocycles. The molecule has 0 saturated heterocycles. The first-order chi connectivity index (χ1) is 11.3. The quantitative estimate of drug-likeness (QED) is 0.454. The Balaban J connectivity index is 1.99. The van der Waals surface area contributed by atoms with Crippen LogP contribution in [0.15, 0.2) is 30.3 Å². The molecule has 132 valence electrons. The predicted octanol–water partition coefficient (Wildman–Crippen LogP) is 1.66. The number of aliphatic hydroxyl groups excluding tert-OH is 3. The summed E-state index contributed by atoms with van der Waals surface area (Å²) in [6.07, 6.45) is 4.54. The van der Waals surface area contributed by atoms with Gasteiger partial charge in [0.05, 0.1) is 25.9 Å². The van der Waals surface area contributed by atoms with Crippen molar-refractivity contribution in [2.45, 2.75) is 38.2 Å². The number of ether oxygens (including phenoxy) is 1. The van der Waals surface area contributed by atoms with Gasteiger partial charge in [0, 0.05) is 19.6 Å². The van der Waals surface area contributed by atoms with Crippen LogP contribution in [0.5, 0.6) is 5.75 Å². The second-order valence-corrected chi connectivity index (χ2v) is 5.77. The van der Waals surface area contributed by atoms with Gasteiger partial charge in [0.2, 0.25) is 0 Å². The van der Waals surface area contributed by atoms with Crippen molar-refractivity contribution in [3.05, 3.63) is 30.3 Å². The molecule has 0 fully saturated rings. The molecule has 0 bridgehead atoms. The molecule has 5 nitrogen and oxygen atoms in total. The Bertz CT molecular complexity index is 369. The van der Waals surface area contributed by atoms with E-state index in [9.17, 15) is 5.11 Å². The van der Waals surface area contributed by atoms with Gasteiger partial charge in [-0.25, -0.2) is 0 Å². The molecule has 0 aliphatic carbocycles. The Morgan fingerprint density at radius 2 is 1.57 bits per heavy atom. The van der Waals surface area contributed by atoms with Gasteiger partial charge in [-0.05, 0) is 25.0 Å². The van der Waals surface area contributed by atoms with E-state index in [0.717, 1.165) is 44.5 Å². The number of hydrogen-bond acceptors (Lipinski definition) is 5. The van der Waals surface area contributed by atoms with E-state index in [1.165, 1.54) is 0 Å². The van der Waals surface area contributed by atoms with E-state index in [2.05, 4.69) is 0 Å². The van der Waals surface area contributed by atoms with Crippen molar-refractivity contribution < 1.29 is 20.1 Å². The smallest absolute Gasteiger partial charge is 0.119 e. The maximum absolute atomic E-state index is 9.99. The number of unbranched alkanes of at least 4 members (excludes halogenated alkanes) is 3. The van der Waals surface area contributed by atoms with E-state index in [-0.39, 0.29) is 13.2 Å². The number of aliphatic hydroxyl groups is 3. The van der Waals surface area contributed by atoms with Crippen LogP contribution in [0.3, 0.4) is 0 Å². The van der Waals surface area contributed by atoms with Gasteiger partial charge in [-0.3, -0.25) is 4.90 Å². The van der Waals surface area contributed by atoms with Crippen molar-refractivity contribution in [2.24, 2.45) is 0 Å². The van der Waals surface area contributed by atoms with Crippen LogP contribution in [-0.2, 0) is 0 Å². The summed E-state index contributed by atoms with van der Waals surface area (Å²) in [6, 6.07) is 9.82. The highest BCUT2D eigenvalue weighted by molar-refractivity contribution is 5.20. The molecule has 5 heteroatoms. The van der Waals surface area contributed by atoms with Crippen molar-refractivity contribution >= 4 is 0 Å². The Morgan fingerprint density at radius 1 is 0.913 bits per heavy atom. The summed E-state index contributed by atoms with van der Waals surface area (Å²) in [5.74, 6) is 0.913. The lowest BCUT2D eigenvalue weighted by Crippen LogP contribution is -2.36. The zero-order valence-corrected chi connectivity index (χ0v) is 13.9. The van der Waals surface area contributed by atoms with Crippen molar-refractivity contribution in [3.63, 3.8) is 0 Å². The van der Waals surface area contributed by atoms with Crippen LogP contribution < -0.4 is 4.74 Å². The molecule has 0 aliphatic heterocycles. The highest BCUT2D eigenvalue weighted by atomic mass is 16.5. The van der Waals surface area contributed by atoms with E-state index in [0.29, 0.717) is 19.6 Å². The van der Waals surface area contributed by atoms with E-state index >= 15 is 0 Å². The second kappa shape index (κ2) is 13.3. The second-order valence-electron chi connectivity index (χ2n) is 5.77. The standard InChI is InChI=1S/C18H31NO4/c20-13-11-19(12-14-21)16-17(22)8-4-1-2-7-15-23-18-9-5-3-6-10-18/h3,5-6,9-10,17,20-22H,1-2,4,7-8,11-16H2. The Labute approximate surface area is 139 Å². The minimum absolute atomic E-state index is 0.0497. The van der Waals surface area contributed by atoms with E-state index < -0.39 is 6.10 Å². The number of nitrogens with zero attached hydrogens (tertiary/aromatic N) is 1. The molecule has 3 N–H and O–H groups in total. The van der Waals surface area contributed by atoms with E-state index in [1.54, 1.807) is 0 Å². The first-order valence-corrected chi connectivity index (χ1v) is 8.56. The van der Waals surface area contributed by atoms with Gasteiger partial charge in [-0.1, -0.05) is 37.5 Å². The average molecular weight is 325 g/mol. The van der Waals surface area contributed by atoms with Crippen LogP contribution in [0.25, 0.3) is 0 Å². The van der Waals surface area contributed by atoms with Crippen LogP contribution in [0.1, 0.15) is 32.1 Å². The lowest BCUT2D eigenvalue weighted by Gasteiger charge is -2.23. The van der Waals surface area contributed by atoms with Crippen molar-refractivity contribution in [3.8, 4) is 5.75 Å². The van der Waals surface area contributed by atoms with Gasteiger partial charge in [-0.15, -0.1) is 0 Å². The van der Waals surface area contributed by atoms with E-state index in [1.807, 2.05) is 35.2 Å². The molecular formula is C18H31NO4. The van der Waals surface area contributed by atoms with Gasteiger partial charge in [-0.2, -0.15) is 0 Å². The molecular weight excluding hydrogens is 294 g/mol. The number of para-hydroxylation sites is 1. The molecule has 0 heterocycles. The minimum atomic E-state index is -0.395. The third-order valence-electron chi connectivity index (χ3n) is 3.75. The van der Waals surface area contributed by atoms with Crippen LogP contribution in [-0.4, -0.2) is 65.8 Å². The van der Waals surface area contributed by atoms with Crippen LogP contribution in [0, 0.1) is 0 Å². The van der Waals surface area contributed by atoms with Crippen LogP contribution in [0.4, 0.5) is 0 Å². The highest BCUT2D eigenvalue weighted by Gasteiger charge is 2.10. The number of hydrogen-bond donors (Lipinski definition) is 3. The molecule has 1 rings (SSSR count). The molecule has 0 spiro atoms. The fourth-order valence-electron chi connectivity index (χ4n) is 2.51. The Kier molecular flexibility index (Phi) is 11.5. The summed E-state index contributed by atoms with van der Waals surface area (Å²) in [4.78, 5) is 1.89. The van der Waals surface area contributed by atoms with Crippen LogP contribution >= 0.6 is 0 Å². The largest absolute Gasteiger partial charge is 0.494 e. The fraction of sp³-hybridized carbons (Fsp3) is 0.667. The molecule has 1 aromatic rings. The molecule has 0 aliphatic rings. The SMILES string of the molecule is OCCN(CCO)CC(O)CCCCCCOc1ccccc1. The van der Waals surface area contributed by atoms with Crippen molar-refractivity contribution in [1.29, 1.82) is 0 Å². The average Bonchev–Trinajstić information content (AvgIpc) is 2.55. The zero-order valence-electron chi connectivity index (χ0n) is 13.9. The summed E-state index contributed by atoms with van der Waals surface area (Å²) in [5, 5.41) is 27.9. The van der Waals surface area contributed by atoms with Crippen molar-refractivity contribution in [1.82, 2.24) is 4.90 Å². The topological polar surface area (TPSA) is 73.2 Å². The van der Waals surface area contributed by atoms with Gasteiger partial charge in [0.25, 0.3) is 0 Å². The van der Waals surface area contributed by atoms with E-state index in [4.69, 9.17) is 14.9 Å². The van der Waals surface area contributed by atoms with Gasteiger partial charge in [0.15, 0.2) is 0 Å². The Morgan fingerprint density at radius 3 is 2.22 bits per heavy atom. The molecule has 1 atom stereocenters. The normalized spacial score (nSPS) is 12.5. The third-order valence-corrected chi connectivity index (χ3v) is 3.75. The first-order valence-electron chi connectivity index (χ1n) is 8.56. The summed E-state index contributed by atoms with van der Waals surface area (Å²) < 4.78 is 5.64. The molecule has 23 heavy (non-hydrogen) atoms. The van der Waals surface area contributed by atoms with Crippen LogP contribution in [0.2, 0.25) is 0 Å². The van der Waals surface area contributed by atoms with Crippen molar-refractivity contribution in [2.75, 3.05) is 39.5 Å². The lowest BCUT2D eigenvalue weighted by atomic mass is 10.1. The molecule has 1 unspecified atom stereocenters. The molecule has 0 radical (unpaired) electrons. The van der Waals surface area contributed by atoms with Gasteiger partial charge >= 0.3 is 0 Å². The maximum Gasteiger partial charge on any atom is 0.119 e. The summed E-state index contributed by atoms with van der Waals surface area (Å²) in [5.41, 5.74) is 0. The lowest BCUT2D eigenvalue weighted by molar-refractivity contribution is 0.0808. The third kappa shape index (κ3) is 10.3. The molecule has 1 aromatic carbocycles. The summed E-state index contributed by atoms with van der Waals surface area (Å²) >= 11 is 0. The Hall–Kier alpha value is -1.14. The van der Waals surface area contributed by atoms with Gasteiger partial charge in [0.1, 0.15) is 5.75 Å². The first kappa shape index (κ1) is 19.9. The molecule has 0 saturated carbocycles. The number of benzene rings is 1. The minimum Gasteiger partial charge on any atom is -0.494 e. The molecule has 0 amide bonds. The summed E-state index contributed by atoms with van der Waals surface area (Å²) in [7, 11) is 0. The predicted molar refractivity (Wildman–Crippen MR) is 91.6 cm³/mol. The fourth-order valence-corrected chi connectivity index (χ4v) is 2.51. The maximum atomic E-state index is 9.99. The number of rotatable bonds is 14. The zero-order chi connectivity index (χ0) is 16.8. The van der Waals surface area contributed by atoms with Gasteiger partial charge < -0.3 is 20.1 Å². The summed E-state index contributed by atoms with van der Waals surface area (Å²) in [6.45, 7) is 2.33.